The number of hydrogen-bond acceptors (Lipinski definition) is 2. The standard InChI is InChI=1S/C16H24ClNO/c1-3-9-18-12-16(8-10-19-13(16)2)11-14-4-6-15(17)7-5-14/h4-7,13,18H,3,8-12H2,1-2H3. The Hall–Kier alpha value is -0.570. The maximum atomic E-state index is 5.96. The number of benzene rings is 1. The SMILES string of the molecule is CCCNCC1(Cc2ccc(Cl)cc2)CCOC1C. The first-order chi connectivity index (χ1) is 9.16. The summed E-state index contributed by atoms with van der Waals surface area (Å²) in [5, 5.41) is 4.38. The van der Waals surface area contributed by atoms with Crippen LogP contribution in [0.1, 0.15) is 32.3 Å². The Morgan fingerprint density at radius 1 is 1.37 bits per heavy atom. The minimum atomic E-state index is 0.225. The fourth-order valence-electron chi connectivity index (χ4n) is 2.87. The van der Waals surface area contributed by atoms with Gasteiger partial charge in [0.1, 0.15) is 0 Å². The van der Waals surface area contributed by atoms with Gasteiger partial charge in [-0.05, 0) is 50.4 Å². The second-order valence-electron chi connectivity index (χ2n) is 5.61. The number of ether oxygens (including phenoxy) is 1. The van der Waals surface area contributed by atoms with Crippen molar-refractivity contribution in [2.24, 2.45) is 5.41 Å². The minimum absolute atomic E-state index is 0.225. The molecule has 0 saturated carbocycles. The fraction of sp³-hybridized carbons (Fsp3) is 0.625. The molecule has 3 heteroatoms. The van der Waals surface area contributed by atoms with Crippen molar-refractivity contribution in [2.75, 3.05) is 19.7 Å². The van der Waals surface area contributed by atoms with Crippen LogP contribution in [-0.4, -0.2) is 25.8 Å². The molecular formula is C16H24ClNO. The van der Waals surface area contributed by atoms with Crippen LogP contribution in [0.15, 0.2) is 24.3 Å². The lowest BCUT2D eigenvalue weighted by Crippen LogP contribution is -2.41. The van der Waals surface area contributed by atoms with Crippen molar-refractivity contribution in [1.29, 1.82) is 0 Å². The Morgan fingerprint density at radius 3 is 2.68 bits per heavy atom. The van der Waals surface area contributed by atoms with E-state index in [9.17, 15) is 0 Å². The van der Waals surface area contributed by atoms with E-state index in [1.165, 1.54) is 12.0 Å². The van der Waals surface area contributed by atoms with Gasteiger partial charge < -0.3 is 10.1 Å². The summed E-state index contributed by atoms with van der Waals surface area (Å²) in [4.78, 5) is 0. The first-order valence-corrected chi connectivity index (χ1v) is 7.61. The van der Waals surface area contributed by atoms with Crippen molar-refractivity contribution in [1.82, 2.24) is 5.32 Å². The van der Waals surface area contributed by atoms with Crippen LogP contribution < -0.4 is 5.32 Å². The normalized spacial score (nSPS) is 26.8. The van der Waals surface area contributed by atoms with E-state index in [2.05, 4.69) is 31.3 Å². The second-order valence-corrected chi connectivity index (χ2v) is 6.04. The number of halogens is 1. The second kappa shape index (κ2) is 6.74. The summed E-state index contributed by atoms with van der Waals surface area (Å²) in [6.07, 6.45) is 3.68. The van der Waals surface area contributed by atoms with Gasteiger partial charge in [0.2, 0.25) is 0 Å². The van der Waals surface area contributed by atoms with Gasteiger partial charge in [0.15, 0.2) is 0 Å². The van der Waals surface area contributed by atoms with E-state index in [0.29, 0.717) is 6.10 Å². The largest absolute Gasteiger partial charge is 0.378 e. The van der Waals surface area contributed by atoms with Crippen molar-refractivity contribution in [3.63, 3.8) is 0 Å². The molecule has 0 aliphatic carbocycles. The van der Waals surface area contributed by atoms with Gasteiger partial charge in [0, 0.05) is 23.6 Å². The first kappa shape index (κ1) is 14.8. The first-order valence-electron chi connectivity index (χ1n) is 7.23. The van der Waals surface area contributed by atoms with Crippen LogP contribution in [0.3, 0.4) is 0 Å². The zero-order chi connectivity index (χ0) is 13.7. The summed E-state index contributed by atoms with van der Waals surface area (Å²) in [5.74, 6) is 0. The molecule has 0 bridgehead atoms. The summed E-state index contributed by atoms with van der Waals surface area (Å²) >= 11 is 5.96. The summed E-state index contributed by atoms with van der Waals surface area (Å²) in [7, 11) is 0. The number of nitrogens with one attached hydrogen (secondary N) is 1. The van der Waals surface area contributed by atoms with Gasteiger partial charge in [0.05, 0.1) is 6.10 Å². The predicted molar refractivity (Wildman–Crippen MR) is 80.8 cm³/mol. The maximum absolute atomic E-state index is 5.96. The van der Waals surface area contributed by atoms with Crippen LogP contribution in [-0.2, 0) is 11.2 Å². The summed E-state index contributed by atoms with van der Waals surface area (Å²) in [5.41, 5.74) is 1.57. The van der Waals surface area contributed by atoms with Gasteiger partial charge in [-0.2, -0.15) is 0 Å². The van der Waals surface area contributed by atoms with Crippen molar-refractivity contribution in [2.45, 2.75) is 39.2 Å². The molecule has 1 saturated heterocycles. The average Bonchev–Trinajstić information content (AvgIpc) is 2.75. The van der Waals surface area contributed by atoms with Gasteiger partial charge in [-0.1, -0.05) is 30.7 Å². The van der Waals surface area contributed by atoms with Crippen LogP contribution in [0.5, 0.6) is 0 Å². The molecule has 2 unspecified atom stereocenters. The molecule has 106 valence electrons. The Bertz CT molecular complexity index is 392. The van der Waals surface area contributed by atoms with Crippen molar-refractivity contribution in [3.05, 3.63) is 34.9 Å². The third-order valence-corrected chi connectivity index (χ3v) is 4.46. The van der Waals surface area contributed by atoms with Crippen LogP contribution >= 0.6 is 11.6 Å². The molecule has 1 aromatic rings. The van der Waals surface area contributed by atoms with Crippen LogP contribution in [0.2, 0.25) is 5.02 Å². The lowest BCUT2D eigenvalue weighted by Gasteiger charge is -2.33. The van der Waals surface area contributed by atoms with Gasteiger partial charge in [-0.3, -0.25) is 0 Å². The molecule has 2 nitrogen and oxygen atoms in total. The van der Waals surface area contributed by atoms with Crippen molar-refractivity contribution in [3.8, 4) is 0 Å². The molecule has 2 atom stereocenters. The van der Waals surface area contributed by atoms with E-state index >= 15 is 0 Å². The van der Waals surface area contributed by atoms with E-state index < -0.39 is 0 Å². The molecule has 1 aliphatic rings. The maximum Gasteiger partial charge on any atom is 0.0619 e. The zero-order valence-corrected chi connectivity index (χ0v) is 12.7. The van der Waals surface area contributed by atoms with E-state index in [1.807, 2.05) is 12.1 Å². The van der Waals surface area contributed by atoms with Crippen LogP contribution in [0.25, 0.3) is 0 Å². The Balaban J connectivity index is 2.07. The van der Waals surface area contributed by atoms with Gasteiger partial charge >= 0.3 is 0 Å². The van der Waals surface area contributed by atoms with E-state index in [-0.39, 0.29) is 5.41 Å². The molecule has 1 N–H and O–H groups in total. The highest BCUT2D eigenvalue weighted by molar-refractivity contribution is 6.30. The molecule has 2 rings (SSSR count). The molecule has 0 amide bonds. The molecule has 0 radical (unpaired) electrons. The Kier molecular flexibility index (Phi) is 5.26. The molecule has 19 heavy (non-hydrogen) atoms. The molecule has 0 spiro atoms. The van der Waals surface area contributed by atoms with Crippen LogP contribution in [0, 0.1) is 5.41 Å². The lowest BCUT2D eigenvalue weighted by atomic mass is 9.76. The molecule has 1 heterocycles. The third-order valence-electron chi connectivity index (χ3n) is 4.20. The molecule has 0 aromatic heterocycles. The topological polar surface area (TPSA) is 21.3 Å². The van der Waals surface area contributed by atoms with Gasteiger partial charge in [-0.15, -0.1) is 0 Å². The minimum Gasteiger partial charge on any atom is -0.378 e. The predicted octanol–water partition coefficient (Wildman–Crippen LogP) is 3.68. The highest BCUT2D eigenvalue weighted by Crippen LogP contribution is 2.37. The zero-order valence-electron chi connectivity index (χ0n) is 11.9. The summed E-state index contributed by atoms with van der Waals surface area (Å²) in [6, 6.07) is 8.22. The van der Waals surface area contributed by atoms with E-state index in [4.69, 9.17) is 16.3 Å². The highest BCUT2D eigenvalue weighted by Gasteiger charge is 2.41. The lowest BCUT2D eigenvalue weighted by molar-refractivity contribution is 0.0631. The van der Waals surface area contributed by atoms with Gasteiger partial charge in [-0.25, -0.2) is 0 Å². The Morgan fingerprint density at radius 2 is 2.11 bits per heavy atom. The molecule has 1 aromatic carbocycles. The fourth-order valence-corrected chi connectivity index (χ4v) is 2.99. The molecular weight excluding hydrogens is 258 g/mol. The molecule has 1 fully saturated rings. The third kappa shape index (κ3) is 3.71. The molecule has 1 aliphatic heterocycles. The number of hydrogen-bond donors (Lipinski definition) is 1. The van der Waals surface area contributed by atoms with Crippen LogP contribution in [0.4, 0.5) is 0 Å². The van der Waals surface area contributed by atoms with Crippen molar-refractivity contribution < 1.29 is 4.74 Å². The van der Waals surface area contributed by atoms with E-state index in [1.54, 1.807) is 0 Å². The number of rotatable bonds is 6. The van der Waals surface area contributed by atoms with E-state index in [0.717, 1.165) is 37.6 Å². The average molecular weight is 282 g/mol. The monoisotopic (exact) mass is 281 g/mol. The Labute approximate surface area is 121 Å². The summed E-state index contributed by atoms with van der Waals surface area (Å²) < 4.78 is 5.83. The van der Waals surface area contributed by atoms with Gasteiger partial charge in [0.25, 0.3) is 0 Å². The quantitative estimate of drug-likeness (QED) is 0.803. The summed E-state index contributed by atoms with van der Waals surface area (Å²) in [6.45, 7) is 7.40. The smallest absolute Gasteiger partial charge is 0.0619 e. The highest BCUT2D eigenvalue weighted by atomic mass is 35.5. The van der Waals surface area contributed by atoms with Crippen molar-refractivity contribution >= 4 is 11.6 Å².